The van der Waals surface area contributed by atoms with Gasteiger partial charge < -0.3 is 0 Å². The van der Waals surface area contributed by atoms with Gasteiger partial charge in [-0.25, -0.2) is 0 Å². The van der Waals surface area contributed by atoms with Crippen LogP contribution in [0.2, 0.25) is 0 Å². The molecule has 3 heteroatoms. The lowest BCUT2D eigenvalue weighted by Crippen LogP contribution is -2.23. The van der Waals surface area contributed by atoms with E-state index in [0.717, 1.165) is 11.4 Å². The Morgan fingerprint density at radius 1 is 1.29 bits per heavy atom. The topological polar surface area (TPSA) is 42.9 Å². The molecule has 0 unspecified atom stereocenters. The summed E-state index contributed by atoms with van der Waals surface area (Å²) in [7, 11) is 0. The van der Waals surface area contributed by atoms with Gasteiger partial charge in [0.1, 0.15) is 5.78 Å². The molecule has 0 saturated carbocycles. The van der Waals surface area contributed by atoms with Gasteiger partial charge in [0.25, 0.3) is 0 Å². The number of carbonyl (C=O) groups excluding carboxylic acids is 1. The minimum Gasteiger partial charge on any atom is -0.299 e. The maximum absolute atomic E-state index is 11.7. The largest absolute Gasteiger partial charge is 0.299 e. The Morgan fingerprint density at radius 2 is 1.86 bits per heavy atom. The SMILES string of the molecule is Cc1nccnc1CC(=O)C(C)(C)C. The fraction of sp³-hybridized carbons (Fsp3) is 0.545. The van der Waals surface area contributed by atoms with Gasteiger partial charge in [-0.2, -0.15) is 0 Å². The first-order valence-electron chi connectivity index (χ1n) is 4.71. The van der Waals surface area contributed by atoms with E-state index in [1.54, 1.807) is 12.4 Å². The monoisotopic (exact) mass is 192 g/mol. The molecule has 0 aromatic carbocycles. The Hall–Kier alpha value is -1.25. The van der Waals surface area contributed by atoms with Crippen LogP contribution in [0, 0.1) is 12.3 Å². The molecule has 3 nitrogen and oxygen atoms in total. The van der Waals surface area contributed by atoms with E-state index >= 15 is 0 Å². The molecule has 0 bridgehead atoms. The number of carbonyl (C=O) groups is 1. The molecule has 0 aliphatic heterocycles. The Kier molecular flexibility index (Phi) is 2.99. The molecule has 0 aliphatic carbocycles. The highest BCUT2D eigenvalue weighted by Gasteiger charge is 2.22. The van der Waals surface area contributed by atoms with Crippen LogP contribution < -0.4 is 0 Å². The van der Waals surface area contributed by atoms with Gasteiger partial charge in [-0.15, -0.1) is 0 Å². The first kappa shape index (κ1) is 10.8. The fourth-order valence-electron chi connectivity index (χ4n) is 1.03. The molecule has 76 valence electrons. The van der Waals surface area contributed by atoms with E-state index < -0.39 is 0 Å². The van der Waals surface area contributed by atoms with Crippen molar-refractivity contribution in [3.63, 3.8) is 0 Å². The standard InChI is InChI=1S/C11H16N2O/c1-8-9(13-6-5-12-8)7-10(14)11(2,3)4/h5-6H,7H2,1-4H3. The lowest BCUT2D eigenvalue weighted by molar-refractivity contribution is -0.125. The normalized spacial score (nSPS) is 11.4. The third kappa shape index (κ3) is 2.62. The second kappa shape index (κ2) is 3.86. The van der Waals surface area contributed by atoms with Gasteiger partial charge >= 0.3 is 0 Å². The first-order valence-corrected chi connectivity index (χ1v) is 4.71. The van der Waals surface area contributed by atoms with Gasteiger partial charge in [-0.05, 0) is 6.92 Å². The molecule has 0 amide bonds. The van der Waals surface area contributed by atoms with Gasteiger partial charge in [0, 0.05) is 17.8 Å². The minimum absolute atomic E-state index is 0.195. The van der Waals surface area contributed by atoms with Crippen LogP contribution in [0.4, 0.5) is 0 Å². The second-order valence-corrected chi connectivity index (χ2v) is 4.44. The highest BCUT2D eigenvalue weighted by atomic mass is 16.1. The molecule has 0 N–H and O–H groups in total. The van der Waals surface area contributed by atoms with Gasteiger partial charge in [0.15, 0.2) is 0 Å². The van der Waals surface area contributed by atoms with Crippen molar-refractivity contribution in [2.45, 2.75) is 34.1 Å². The first-order chi connectivity index (χ1) is 6.41. The smallest absolute Gasteiger partial charge is 0.144 e. The highest BCUT2D eigenvalue weighted by molar-refractivity contribution is 5.85. The van der Waals surface area contributed by atoms with Gasteiger partial charge in [0.2, 0.25) is 0 Å². The van der Waals surface area contributed by atoms with Crippen LogP contribution in [0.15, 0.2) is 12.4 Å². The van der Waals surface area contributed by atoms with Crippen molar-refractivity contribution < 1.29 is 4.79 Å². The van der Waals surface area contributed by atoms with Crippen molar-refractivity contribution in [3.8, 4) is 0 Å². The van der Waals surface area contributed by atoms with Gasteiger partial charge in [0.05, 0.1) is 17.8 Å². The summed E-state index contributed by atoms with van der Waals surface area (Å²) < 4.78 is 0. The zero-order chi connectivity index (χ0) is 10.8. The minimum atomic E-state index is -0.302. The van der Waals surface area contributed by atoms with Crippen molar-refractivity contribution >= 4 is 5.78 Å². The summed E-state index contributed by atoms with van der Waals surface area (Å²) in [4.78, 5) is 20.0. The molecule has 0 radical (unpaired) electrons. The summed E-state index contributed by atoms with van der Waals surface area (Å²) in [5, 5.41) is 0. The van der Waals surface area contributed by atoms with Crippen molar-refractivity contribution in [1.82, 2.24) is 9.97 Å². The molecular formula is C11H16N2O. The van der Waals surface area contributed by atoms with Gasteiger partial charge in [-0.1, -0.05) is 20.8 Å². The van der Waals surface area contributed by atoms with Crippen LogP contribution in [-0.2, 0) is 11.2 Å². The number of hydrogen-bond acceptors (Lipinski definition) is 3. The zero-order valence-corrected chi connectivity index (χ0v) is 9.16. The van der Waals surface area contributed by atoms with Crippen molar-refractivity contribution in [2.75, 3.05) is 0 Å². The van der Waals surface area contributed by atoms with E-state index in [4.69, 9.17) is 0 Å². The third-order valence-electron chi connectivity index (χ3n) is 2.15. The van der Waals surface area contributed by atoms with E-state index in [1.165, 1.54) is 0 Å². The van der Waals surface area contributed by atoms with Crippen molar-refractivity contribution in [3.05, 3.63) is 23.8 Å². The summed E-state index contributed by atoms with van der Waals surface area (Å²) in [5.74, 6) is 0.195. The molecule has 1 heterocycles. The van der Waals surface area contributed by atoms with Crippen LogP contribution in [0.3, 0.4) is 0 Å². The molecule has 14 heavy (non-hydrogen) atoms. The maximum Gasteiger partial charge on any atom is 0.144 e. The Morgan fingerprint density at radius 3 is 2.36 bits per heavy atom. The van der Waals surface area contributed by atoms with Crippen LogP contribution in [0.1, 0.15) is 32.2 Å². The molecule has 1 rings (SSSR count). The maximum atomic E-state index is 11.7. The lowest BCUT2D eigenvalue weighted by Gasteiger charge is -2.16. The van der Waals surface area contributed by atoms with Crippen LogP contribution in [0.5, 0.6) is 0 Å². The molecule has 0 atom stereocenters. The summed E-state index contributed by atoms with van der Waals surface area (Å²) in [5.41, 5.74) is 1.32. The predicted octanol–water partition coefficient (Wildman–Crippen LogP) is 1.94. The number of ketones is 1. The summed E-state index contributed by atoms with van der Waals surface area (Å²) in [6.07, 6.45) is 3.64. The number of Topliss-reactive ketones (excluding diaryl/α,β-unsaturated/α-hetero) is 1. The predicted molar refractivity (Wildman–Crippen MR) is 54.9 cm³/mol. The van der Waals surface area contributed by atoms with E-state index in [1.807, 2.05) is 27.7 Å². The van der Waals surface area contributed by atoms with Gasteiger partial charge in [-0.3, -0.25) is 14.8 Å². The Balaban J connectivity index is 2.80. The number of rotatable bonds is 2. The Labute approximate surface area is 84.6 Å². The number of nitrogens with zero attached hydrogens (tertiary/aromatic N) is 2. The number of aromatic nitrogens is 2. The van der Waals surface area contributed by atoms with E-state index in [-0.39, 0.29) is 11.2 Å². The summed E-state index contributed by atoms with van der Waals surface area (Å²) in [6, 6.07) is 0. The molecule has 1 aromatic rings. The second-order valence-electron chi connectivity index (χ2n) is 4.44. The molecule has 1 aromatic heterocycles. The average molecular weight is 192 g/mol. The number of hydrogen-bond donors (Lipinski definition) is 0. The molecule has 0 aliphatic rings. The van der Waals surface area contributed by atoms with E-state index in [9.17, 15) is 4.79 Å². The quantitative estimate of drug-likeness (QED) is 0.719. The third-order valence-corrected chi connectivity index (χ3v) is 2.15. The zero-order valence-electron chi connectivity index (χ0n) is 9.16. The average Bonchev–Trinajstić information content (AvgIpc) is 2.07. The Bertz CT molecular complexity index is 339. The van der Waals surface area contributed by atoms with E-state index in [2.05, 4.69) is 9.97 Å². The van der Waals surface area contributed by atoms with Crippen LogP contribution >= 0.6 is 0 Å². The summed E-state index contributed by atoms with van der Waals surface area (Å²) >= 11 is 0. The summed E-state index contributed by atoms with van der Waals surface area (Å²) in [6.45, 7) is 7.63. The van der Waals surface area contributed by atoms with Crippen LogP contribution in [0.25, 0.3) is 0 Å². The van der Waals surface area contributed by atoms with E-state index in [0.29, 0.717) is 6.42 Å². The van der Waals surface area contributed by atoms with Crippen molar-refractivity contribution in [2.24, 2.45) is 5.41 Å². The fourth-order valence-corrected chi connectivity index (χ4v) is 1.03. The molecular weight excluding hydrogens is 176 g/mol. The lowest BCUT2D eigenvalue weighted by atomic mass is 9.88. The number of aryl methyl sites for hydroxylation is 1. The molecule has 0 fully saturated rings. The highest BCUT2D eigenvalue weighted by Crippen LogP contribution is 2.17. The van der Waals surface area contributed by atoms with Crippen molar-refractivity contribution in [1.29, 1.82) is 0 Å². The molecule has 0 spiro atoms. The van der Waals surface area contributed by atoms with Crippen LogP contribution in [-0.4, -0.2) is 15.8 Å². The molecule has 0 saturated heterocycles.